The summed E-state index contributed by atoms with van der Waals surface area (Å²) in [4.78, 5) is 12.1. The van der Waals surface area contributed by atoms with Crippen molar-refractivity contribution in [1.82, 2.24) is 15.6 Å². The number of carbonyl (C=O) groups excluding carboxylic acids is 1. The van der Waals surface area contributed by atoms with Gasteiger partial charge >= 0.3 is 0 Å². The van der Waals surface area contributed by atoms with E-state index in [0.717, 1.165) is 0 Å². The van der Waals surface area contributed by atoms with Crippen LogP contribution >= 0.6 is 23.8 Å². The van der Waals surface area contributed by atoms with Gasteiger partial charge in [-0.1, -0.05) is 17.7 Å². The Morgan fingerprint density at radius 1 is 1.11 bits per heavy atom. The fourth-order valence-corrected chi connectivity index (χ4v) is 4.53. The Labute approximate surface area is 218 Å². The summed E-state index contributed by atoms with van der Waals surface area (Å²) in [5, 5.41) is 3.54. The van der Waals surface area contributed by atoms with Gasteiger partial charge in [0.25, 0.3) is 5.91 Å². The predicted octanol–water partition coefficient (Wildman–Crippen LogP) is 3.46. The number of hydrazine groups is 1. The molecule has 0 fully saturated rings. The van der Waals surface area contributed by atoms with E-state index in [2.05, 4.69) is 20.9 Å². The Morgan fingerprint density at radius 2 is 1.92 bits per heavy atom. The lowest BCUT2D eigenvalue weighted by Gasteiger charge is -2.15. The molecule has 3 aromatic rings. The molecular formula is C23H23ClN4O6S2. The Kier molecular flexibility index (Phi) is 9.31. The third-order valence-electron chi connectivity index (χ3n) is 4.58. The average Bonchev–Trinajstić information content (AvgIpc) is 3.38. The maximum absolute atomic E-state index is 13.0. The minimum Gasteiger partial charge on any atom is -0.493 e. The Morgan fingerprint density at radius 3 is 2.58 bits per heavy atom. The van der Waals surface area contributed by atoms with Crippen molar-refractivity contribution in [3.05, 3.63) is 77.2 Å². The fraction of sp³-hybridized carbons (Fsp3) is 0.130. The number of carbonyl (C=O) groups is 1. The van der Waals surface area contributed by atoms with Crippen molar-refractivity contribution in [3.8, 4) is 11.5 Å². The molecule has 1 aromatic heterocycles. The summed E-state index contributed by atoms with van der Waals surface area (Å²) >= 11 is 11.1. The third kappa shape index (κ3) is 7.46. The number of furan rings is 1. The minimum absolute atomic E-state index is 0.0187. The number of benzene rings is 2. The van der Waals surface area contributed by atoms with E-state index >= 15 is 0 Å². The minimum atomic E-state index is -4.02. The number of amides is 1. The first-order valence-corrected chi connectivity index (χ1v) is 12.6. The lowest BCUT2D eigenvalue weighted by molar-refractivity contribution is -0.116. The molecule has 0 spiro atoms. The van der Waals surface area contributed by atoms with Crippen LogP contribution in [-0.4, -0.2) is 33.7 Å². The number of thiocarbonyl (C=S) groups is 1. The molecule has 0 radical (unpaired) electrons. The number of nitrogens with one attached hydrogen (secondary N) is 4. The molecule has 0 aliphatic carbocycles. The first-order chi connectivity index (χ1) is 17.2. The Balaban J connectivity index is 1.70. The van der Waals surface area contributed by atoms with Crippen LogP contribution in [-0.2, 0) is 21.4 Å². The molecule has 0 unspecified atom stereocenters. The third-order valence-corrected chi connectivity index (χ3v) is 6.43. The molecule has 1 heterocycles. The molecule has 0 saturated carbocycles. The topological polar surface area (TPSA) is 131 Å². The molecule has 190 valence electrons. The number of methoxy groups -OCH3 is 2. The van der Waals surface area contributed by atoms with Gasteiger partial charge in [0.1, 0.15) is 10.7 Å². The van der Waals surface area contributed by atoms with E-state index in [-0.39, 0.29) is 28.1 Å². The van der Waals surface area contributed by atoms with Gasteiger partial charge in [-0.05, 0) is 66.3 Å². The van der Waals surface area contributed by atoms with Crippen molar-refractivity contribution in [3.63, 3.8) is 0 Å². The fourth-order valence-electron chi connectivity index (χ4n) is 2.96. The first-order valence-electron chi connectivity index (χ1n) is 10.3. The molecule has 3 rings (SSSR count). The van der Waals surface area contributed by atoms with E-state index in [4.69, 9.17) is 37.7 Å². The van der Waals surface area contributed by atoms with Crippen LogP contribution in [0.4, 0.5) is 5.69 Å². The molecular weight excluding hydrogens is 528 g/mol. The molecule has 13 heteroatoms. The largest absolute Gasteiger partial charge is 0.493 e. The summed E-state index contributed by atoms with van der Waals surface area (Å²) in [5.74, 6) is 0.0847. The zero-order chi connectivity index (χ0) is 26.1. The van der Waals surface area contributed by atoms with Gasteiger partial charge in [-0.15, -0.1) is 0 Å². The van der Waals surface area contributed by atoms with Gasteiger partial charge in [-0.2, -0.15) is 0 Å². The van der Waals surface area contributed by atoms with Gasteiger partial charge in [0.15, 0.2) is 16.6 Å². The number of rotatable bonds is 9. The molecule has 0 aliphatic rings. The maximum Gasteiger partial charge on any atom is 0.262 e. The molecule has 0 saturated heterocycles. The standard InChI is InChI=1S/C23H23ClN4O6S2/c1-32-19-11-15(8-9-21(29)27-28-23(35)26-17-6-3-5-16(24)13-17)12-20(22(19)33-2)36(30,31)25-14-18-7-4-10-34-18/h3-13,25H,14H2,1-2H3,(H,27,29)(H2,26,28,35)/b9-8+. The van der Waals surface area contributed by atoms with Gasteiger partial charge in [0, 0.05) is 16.8 Å². The van der Waals surface area contributed by atoms with Crippen molar-refractivity contribution in [2.24, 2.45) is 0 Å². The number of anilines is 1. The number of hydrogen-bond donors (Lipinski definition) is 4. The number of ether oxygens (including phenoxy) is 2. The van der Waals surface area contributed by atoms with Gasteiger partial charge in [0.05, 0.1) is 27.0 Å². The molecule has 10 nitrogen and oxygen atoms in total. The second-order valence-corrected chi connectivity index (χ2v) is 9.65. The molecule has 0 aliphatic heterocycles. The quantitative estimate of drug-likeness (QED) is 0.180. The highest BCUT2D eigenvalue weighted by Gasteiger charge is 2.24. The van der Waals surface area contributed by atoms with Crippen LogP contribution in [0.3, 0.4) is 0 Å². The first kappa shape index (κ1) is 27.0. The summed E-state index contributed by atoms with van der Waals surface area (Å²) in [6.07, 6.45) is 4.06. The summed E-state index contributed by atoms with van der Waals surface area (Å²) < 4.78 is 44.2. The molecule has 4 N–H and O–H groups in total. The maximum atomic E-state index is 13.0. The van der Waals surface area contributed by atoms with E-state index in [9.17, 15) is 13.2 Å². The molecule has 0 atom stereocenters. The van der Waals surface area contributed by atoms with Gasteiger partial charge in [-0.3, -0.25) is 15.6 Å². The smallest absolute Gasteiger partial charge is 0.262 e. The van der Waals surface area contributed by atoms with Crippen LogP contribution in [0.15, 0.2) is 70.2 Å². The van der Waals surface area contributed by atoms with Gasteiger partial charge in [0.2, 0.25) is 10.0 Å². The van der Waals surface area contributed by atoms with Crippen molar-refractivity contribution in [2.75, 3.05) is 19.5 Å². The van der Waals surface area contributed by atoms with Crippen LogP contribution < -0.4 is 30.4 Å². The Hall–Kier alpha value is -3.58. The molecule has 0 bridgehead atoms. The van der Waals surface area contributed by atoms with Crippen LogP contribution in [0.25, 0.3) is 6.08 Å². The van der Waals surface area contributed by atoms with Crippen LogP contribution in [0, 0.1) is 0 Å². The summed E-state index contributed by atoms with van der Waals surface area (Å²) in [5.41, 5.74) is 5.99. The van der Waals surface area contributed by atoms with Crippen molar-refractivity contribution in [2.45, 2.75) is 11.4 Å². The van der Waals surface area contributed by atoms with E-state index in [1.807, 2.05) is 0 Å². The SMILES string of the molecule is COc1cc(/C=C/C(=O)NNC(=S)Nc2cccc(Cl)c2)cc(S(=O)(=O)NCc2ccco2)c1OC. The van der Waals surface area contributed by atoms with Crippen molar-refractivity contribution in [1.29, 1.82) is 0 Å². The lowest BCUT2D eigenvalue weighted by atomic mass is 10.2. The Bertz CT molecular complexity index is 1360. The highest BCUT2D eigenvalue weighted by Crippen LogP contribution is 2.36. The number of sulfonamides is 1. The highest BCUT2D eigenvalue weighted by atomic mass is 35.5. The van der Waals surface area contributed by atoms with E-state index in [1.54, 1.807) is 36.4 Å². The van der Waals surface area contributed by atoms with Crippen LogP contribution in [0.2, 0.25) is 5.02 Å². The molecule has 1 amide bonds. The van der Waals surface area contributed by atoms with Crippen molar-refractivity contribution < 1.29 is 27.1 Å². The van der Waals surface area contributed by atoms with Crippen molar-refractivity contribution >= 4 is 56.6 Å². The van der Waals surface area contributed by atoms with E-state index < -0.39 is 15.9 Å². The summed E-state index contributed by atoms with van der Waals surface area (Å²) in [6.45, 7) is -0.0575. The summed E-state index contributed by atoms with van der Waals surface area (Å²) in [6, 6.07) is 13.1. The second kappa shape index (κ2) is 12.4. The monoisotopic (exact) mass is 550 g/mol. The molecule has 2 aromatic carbocycles. The molecule has 36 heavy (non-hydrogen) atoms. The van der Waals surface area contributed by atoms with Gasteiger partial charge < -0.3 is 19.2 Å². The average molecular weight is 551 g/mol. The lowest BCUT2D eigenvalue weighted by Crippen LogP contribution is -2.43. The van der Waals surface area contributed by atoms with E-state index in [0.29, 0.717) is 22.0 Å². The highest BCUT2D eigenvalue weighted by molar-refractivity contribution is 7.89. The van der Waals surface area contributed by atoms with Crippen LogP contribution in [0.5, 0.6) is 11.5 Å². The zero-order valence-corrected chi connectivity index (χ0v) is 21.6. The normalized spacial score (nSPS) is 11.2. The van der Waals surface area contributed by atoms with Gasteiger partial charge in [-0.25, -0.2) is 13.1 Å². The summed E-state index contributed by atoms with van der Waals surface area (Å²) in [7, 11) is -1.31. The number of halogens is 1. The second-order valence-electron chi connectivity index (χ2n) is 7.07. The number of hydrogen-bond acceptors (Lipinski definition) is 7. The zero-order valence-electron chi connectivity index (χ0n) is 19.2. The predicted molar refractivity (Wildman–Crippen MR) is 140 cm³/mol. The van der Waals surface area contributed by atoms with E-state index in [1.165, 1.54) is 44.8 Å². The van der Waals surface area contributed by atoms with Crippen LogP contribution in [0.1, 0.15) is 11.3 Å².